The Hall–Kier alpha value is -1.68. The van der Waals surface area contributed by atoms with Crippen molar-refractivity contribution in [2.75, 3.05) is 0 Å². The van der Waals surface area contributed by atoms with Gasteiger partial charge < -0.3 is 9.63 Å². The average molecular weight is 216 g/mol. The van der Waals surface area contributed by atoms with Gasteiger partial charge in [-0.25, -0.2) is 0 Å². The molecule has 4 nitrogen and oxygen atoms in total. The lowest BCUT2D eigenvalue weighted by atomic mass is 9.93. The summed E-state index contributed by atoms with van der Waals surface area (Å²) < 4.78 is 5.26. The highest BCUT2D eigenvalue weighted by atomic mass is 16.5. The van der Waals surface area contributed by atoms with Gasteiger partial charge in [0.25, 0.3) is 0 Å². The number of nitrogens with zero attached hydrogens (tertiary/aromatic N) is 2. The minimum Gasteiger partial charge on any atom is -0.393 e. The SMILES string of the molecule is OC1CCc2c(-c3ccccn3)noc2C1. The predicted octanol–water partition coefficient (Wildman–Crippen LogP) is 1.59. The largest absolute Gasteiger partial charge is 0.393 e. The Morgan fingerprint density at radius 3 is 3.12 bits per heavy atom. The van der Waals surface area contributed by atoms with Crippen LogP contribution in [0.15, 0.2) is 28.9 Å². The lowest BCUT2D eigenvalue weighted by Gasteiger charge is -2.15. The fourth-order valence-electron chi connectivity index (χ4n) is 2.09. The Morgan fingerprint density at radius 2 is 2.31 bits per heavy atom. The number of aliphatic hydroxyl groups is 1. The highest BCUT2D eigenvalue weighted by Gasteiger charge is 2.25. The number of rotatable bonds is 1. The molecule has 3 rings (SSSR count). The van der Waals surface area contributed by atoms with Crippen LogP contribution in [0.4, 0.5) is 0 Å². The highest BCUT2D eigenvalue weighted by Crippen LogP contribution is 2.29. The van der Waals surface area contributed by atoms with Gasteiger partial charge in [0.1, 0.15) is 11.5 Å². The van der Waals surface area contributed by atoms with Crippen LogP contribution in [0.1, 0.15) is 17.7 Å². The molecule has 4 heteroatoms. The van der Waals surface area contributed by atoms with Crippen LogP contribution in [0.25, 0.3) is 11.4 Å². The van der Waals surface area contributed by atoms with E-state index in [0.29, 0.717) is 6.42 Å². The molecule has 1 atom stereocenters. The Kier molecular flexibility index (Phi) is 2.22. The second kappa shape index (κ2) is 3.72. The molecule has 0 amide bonds. The summed E-state index contributed by atoms with van der Waals surface area (Å²) in [6.07, 6.45) is 3.60. The van der Waals surface area contributed by atoms with E-state index >= 15 is 0 Å². The number of aromatic nitrogens is 2. The molecule has 1 unspecified atom stereocenters. The standard InChI is InChI=1S/C12H12N2O2/c15-8-4-5-9-11(7-8)16-14-12(9)10-3-1-2-6-13-10/h1-3,6,8,15H,4-5,7H2. The van der Waals surface area contributed by atoms with Crippen molar-refractivity contribution in [2.24, 2.45) is 0 Å². The van der Waals surface area contributed by atoms with Crippen molar-refractivity contribution in [3.63, 3.8) is 0 Å². The van der Waals surface area contributed by atoms with Gasteiger partial charge in [-0.1, -0.05) is 11.2 Å². The first-order valence-corrected chi connectivity index (χ1v) is 5.41. The minimum absolute atomic E-state index is 0.294. The van der Waals surface area contributed by atoms with Crippen molar-refractivity contribution >= 4 is 0 Å². The van der Waals surface area contributed by atoms with E-state index in [-0.39, 0.29) is 6.10 Å². The second-order valence-corrected chi connectivity index (χ2v) is 4.04. The van der Waals surface area contributed by atoms with Gasteiger partial charge in [-0.3, -0.25) is 4.98 Å². The molecule has 0 aromatic carbocycles. The maximum atomic E-state index is 9.53. The van der Waals surface area contributed by atoms with Gasteiger partial charge in [-0.15, -0.1) is 0 Å². The third kappa shape index (κ3) is 1.51. The third-order valence-electron chi connectivity index (χ3n) is 2.93. The Labute approximate surface area is 92.9 Å². The highest BCUT2D eigenvalue weighted by molar-refractivity contribution is 5.59. The van der Waals surface area contributed by atoms with Gasteiger partial charge >= 0.3 is 0 Å². The molecule has 0 saturated carbocycles. The average Bonchev–Trinajstić information content (AvgIpc) is 2.73. The first kappa shape index (κ1) is 9.54. The van der Waals surface area contributed by atoms with E-state index in [1.54, 1.807) is 6.20 Å². The van der Waals surface area contributed by atoms with E-state index in [0.717, 1.165) is 35.6 Å². The van der Waals surface area contributed by atoms with Crippen LogP contribution in [0.2, 0.25) is 0 Å². The molecule has 0 spiro atoms. The first-order chi connectivity index (χ1) is 7.84. The van der Waals surface area contributed by atoms with Crippen molar-refractivity contribution in [1.82, 2.24) is 10.1 Å². The van der Waals surface area contributed by atoms with Crippen LogP contribution in [-0.2, 0) is 12.8 Å². The second-order valence-electron chi connectivity index (χ2n) is 4.04. The van der Waals surface area contributed by atoms with Crippen LogP contribution in [0, 0.1) is 0 Å². The zero-order valence-electron chi connectivity index (χ0n) is 8.76. The number of hydrogen-bond acceptors (Lipinski definition) is 4. The fraction of sp³-hybridized carbons (Fsp3) is 0.333. The van der Waals surface area contributed by atoms with Crippen LogP contribution in [0.5, 0.6) is 0 Å². The molecule has 1 aliphatic carbocycles. The van der Waals surface area contributed by atoms with E-state index in [1.807, 2.05) is 18.2 Å². The van der Waals surface area contributed by atoms with E-state index in [9.17, 15) is 5.11 Å². The molecule has 2 aromatic heterocycles. The number of hydrogen-bond donors (Lipinski definition) is 1. The summed E-state index contributed by atoms with van der Waals surface area (Å²) in [4.78, 5) is 4.26. The van der Waals surface area contributed by atoms with Crippen molar-refractivity contribution in [2.45, 2.75) is 25.4 Å². The van der Waals surface area contributed by atoms with Crippen molar-refractivity contribution in [3.05, 3.63) is 35.7 Å². The number of pyridine rings is 1. The summed E-state index contributed by atoms with van der Waals surface area (Å²) in [5.41, 5.74) is 2.76. The summed E-state index contributed by atoms with van der Waals surface area (Å²) in [6, 6.07) is 5.73. The van der Waals surface area contributed by atoms with Gasteiger partial charge in [-0.05, 0) is 25.0 Å². The van der Waals surface area contributed by atoms with E-state index in [2.05, 4.69) is 10.1 Å². The Morgan fingerprint density at radius 1 is 1.38 bits per heavy atom. The van der Waals surface area contributed by atoms with Gasteiger partial charge in [0.2, 0.25) is 0 Å². The van der Waals surface area contributed by atoms with Crippen LogP contribution in [0.3, 0.4) is 0 Å². The molecule has 82 valence electrons. The van der Waals surface area contributed by atoms with Gasteiger partial charge in [0.15, 0.2) is 0 Å². The molecule has 1 N–H and O–H groups in total. The number of aliphatic hydroxyl groups excluding tert-OH is 1. The Bertz CT molecular complexity index is 493. The number of fused-ring (bicyclic) bond motifs is 1. The minimum atomic E-state index is -0.294. The lowest BCUT2D eigenvalue weighted by Crippen LogP contribution is -2.17. The molecule has 1 aliphatic rings. The molecular formula is C12H12N2O2. The smallest absolute Gasteiger partial charge is 0.143 e. The quantitative estimate of drug-likeness (QED) is 0.786. The normalized spacial score (nSPS) is 19.4. The van der Waals surface area contributed by atoms with Crippen molar-refractivity contribution in [1.29, 1.82) is 0 Å². The molecule has 2 aromatic rings. The van der Waals surface area contributed by atoms with Crippen molar-refractivity contribution < 1.29 is 9.63 Å². The van der Waals surface area contributed by atoms with E-state index in [1.165, 1.54) is 0 Å². The molecule has 0 aliphatic heterocycles. The topological polar surface area (TPSA) is 59.2 Å². The molecule has 0 saturated heterocycles. The molecule has 16 heavy (non-hydrogen) atoms. The van der Waals surface area contributed by atoms with Gasteiger partial charge in [-0.2, -0.15) is 0 Å². The first-order valence-electron chi connectivity index (χ1n) is 5.41. The molecule has 2 heterocycles. The molecule has 0 radical (unpaired) electrons. The summed E-state index contributed by atoms with van der Waals surface area (Å²) >= 11 is 0. The van der Waals surface area contributed by atoms with Crippen molar-refractivity contribution in [3.8, 4) is 11.4 Å². The monoisotopic (exact) mass is 216 g/mol. The Balaban J connectivity index is 2.04. The maximum Gasteiger partial charge on any atom is 0.143 e. The molecular weight excluding hydrogens is 204 g/mol. The summed E-state index contributed by atoms with van der Waals surface area (Å²) in [7, 11) is 0. The van der Waals surface area contributed by atoms with Crippen LogP contribution >= 0.6 is 0 Å². The molecule has 0 bridgehead atoms. The summed E-state index contributed by atoms with van der Waals surface area (Å²) in [6.45, 7) is 0. The van der Waals surface area contributed by atoms with Crippen LogP contribution < -0.4 is 0 Å². The summed E-state index contributed by atoms with van der Waals surface area (Å²) in [5.74, 6) is 0.805. The van der Waals surface area contributed by atoms with Crippen LogP contribution in [-0.4, -0.2) is 21.4 Å². The van der Waals surface area contributed by atoms with Gasteiger partial charge in [0, 0.05) is 18.2 Å². The van der Waals surface area contributed by atoms with E-state index < -0.39 is 0 Å². The maximum absolute atomic E-state index is 9.53. The summed E-state index contributed by atoms with van der Waals surface area (Å²) in [5, 5.41) is 13.6. The fourth-order valence-corrected chi connectivity index (χ4v) is 2.09. The lowest BCUT2D eigenvalue weighted by molar-refractivity contribution is 0.146. The molecule has 0 fully saturated rings. The predicted molar refractivity (Wildman–Crippen MR) is 57.8 cm³/mol. The van der Waals surface area contributed by atoms with Gasteiger partial charge in [0.05, 0.1) is 11.8 Å². The zero-order chi connectivity index (χ0) is 11.0. The third-order valence-corrected chi connectivity index (χ3v) is 2.93. The zero-order valence-corrected chi connectivity index (χ0v) is 8.76. The van der Waals surface area contributed by atoms with E-state index in [4.69, 9.17) is 4.52 Å².